The van der Waals surface area contributed by atoms with Crippen LogP contribution < -0.4 is 27.4 Å². The number of nitrogens with one attached hydrogen (secondary N) is 1. The molecular formula is C34H61N5O7+2. The Bertz CT molecular complexity index is 1070. The number of rotatable bonds is 11. The van der Waals surface area contributed by atoms with Crippen molar-refractivity contribution in [2.24, 2.45) is 41.1 Å². The number of Topliss-reactive ketones (excluding diaryl/α,β-unsaturated/α-hetero) is 1. The minimum Gasteiger partial charge on any atom is -0.456 e. The zero-order chi connectivity index (χ0) is 33.0. The van der Waals surface area contributed by atoms with E-state index in [-0.39, 0.29) is 43.0 Å². The smallest absolute Gasteiger partial charge is 0.339 e. The second kappa shape index (κ2) is 15.8. The van der Waals surface area contributed by atoms with Gasteiger partial charge in [-0.25, -0.2) is 4.79 Å². The van der Waals surface area contributed by atoms with Gasteiger partial charge in [0.1, 0.15) is 30.2 Å². The Morgan fingerprint density at radius 3 is 2.70 bits per heavy atom. The second-order valence-electron chi connectivity index (χ2n) is 15.0. The summed E-state index contributed by atoms with van der Waals surface area (Å²) >= 11 is 0. The lowest BCUT2D eigenvalue weighted by molar-refractivity contribution is -0.703. The standard InChI is InChI=1S/C34H59N5O7/c1-4-21(17-37-5-2)33(43)45-26-15-23-30(42)29-25(41)14-22(18-40)44-32(29)24(12-20-9-11-38-28(36)13-20)31(23)46-34(26,3)10-8-19-6-7-27(35)39-16-19/h4,19-20,22-24,26-32,37-40,42H,5-18,35-36H2,1-3H3/p+2/t19?,20?,22?,23?,24?,26-,27?,28?,29?,30?,31?,32?,34-/m0/s1. The molecule has 4 saturated heterocycles. The number of carbonyl (C=O) groups is 2. The van der Waals surface area contributed by atoms with Gasteiger partial charge in [0.05, 0.1) is 61.8 Å². The van der Waals surface area contributed by atoms with Crippen LogP contribution in [0, 0.1) is 29.6 Å². The van der Waals surface area contributed by atoms with Gasteiger partial charge in [0.2, 0.25) is 0 Å². The molecule has 0 bridgehead atoms. The van der Waals surface area contributed by atoms with Crippen molar-refractivity contribution in [2.45, 2.75) is 127 Å². The van der Waals surface area contributed by atoms with Gasteiger partial charge in [0, 0.05) is 30.6 Å². The van der Waals surface area contributed by atoms with Gasteiger partial charge in [-0.3, -0.25) is 10.5 Å². The number of ketones is 1. The van der Waals surface area contributed by atoms with Gasteiger partial charge < -0.3 is 46.1 Å². The van der Waals surface area contributed by atoms with E-state index in [0.717, 1.165) is 58.2 Å². The van der Waals surface area contributed by atoms with Crippen molar-refractivity contribution in [3.8, 4) is 0 Å². The van der Waals surface area contributed by atoms with Gasteiger partial charge in [0.25, 0.3) is 0 Å². The fourth-order valence-corrected chi connectivity index (χ4v) is 8.96. The van der Waals surface area contributed by atoms with E-state index < -0.39 is 48.0 Å². The third-order valence-corrected chi connectivity index (χ3v) is 11.7. The Hall–Kier alpha value is -1.48. The van der Waals surface area contributed by atoms with Crippen molar-refractivity contribution >= 4 is 11.8 Å². The third kappa shape index (κ3) is 8.03. The quantitative estimate of drug-likeness (QED) is 0.103. The van der Waals surface area contributed by atoms with E-state index in [9.17, 15) is 19.8 Å². The predicted octanol–water partition coefficient (Wildman–Crippen LogP) is -1.37. The molecule has 0 aromatic carbocycles. The summed E-state index contributed by atoms with van der Waals surface area (Å²) in [6.07, 6.45) is 5.38. The van der Waals surface area contributed by atoms with E-state index in [4.69, 9.17) is 25.7 Å². The number of fused-ring (bicyclic) bond motifs is 2. The van der Waals surface area contributed by atoms with Crippen LogP contribution in [0.5, 0.6) is 0 Å². The van der Waals surface area contributed by atoms with E-state index in [1.807, 2.05) is 19.9 Å². The Morgan fingerprint density at radius 1 is 1.22 bits per heavy atom. The summed E-state index contributed by atoms with van der Waals surface area (Å²) in [5, 5.41) is 29.5. The first-order valence-electron chi connectivity index (χ1n) is 18.0. The average Bonchev–Trinajstić information content (AvgIpc) is 3.03. The van der Waals surface area contributed by atoms with Crippen LogP contribution >= 0.6 is 0 Å². The third-order valence-electron chi connectivity index (χ3n) is 11.7. The van der Waals surface area contributed by atoms with Crippen molar-refractivity contribution in [1.82, 2.24) is 5.32 Å². The summed E-state index contributed by atoms with van der Waals surface area (Å²) in [6, 6.07) is 0. The number of esters is 1. The van der Waals surface area contributed by atoms with Crippen molar-refractivity contribution in [3.63, 3.8) is 0 Å². The lowest BCUT2D eigenvalue weighted by atomic mass is 9.60. The monoisotopic (exact) mass is 651 g/mol. The maximum Gasteiger partial charge on any atom is 0.339 e. The van der Waals surface area contributed by atoms with E-state index in [1.54, 1.807) is 0 Å². The molecule has 0 radical (unpaired) electrons. The average molecular weight is 652 g/mol. The molecule has 46 heavy (non-hydrogen) atoms. The molecule has 13 atom stereocenters. The molecule has 4 heterocycles. The Morgan fingerprint density at radius 2 is 2.02 bits per heavy atom. The molecule has 11 N–H and O–H groups in total. The Labute approximate surface area is 274 Å². The van der Waals surface area contributed by atoms with Crippen molar-refractivity contribution in [3.05, 3.63) is 11.6 Å². The Balaban J connectivity index is 1.45. The molecule has 262 valence electrons. The lowest BCUT2D eigenvalue weighted by Crippen LogP contribution is -2.95. The summed E-state index contributed by atoms with van der Waals surface area (Å²) in [5.74, 6) is -0.914. The normalized spacial score (nSPS) is 43.5. The van der Waals surface area contributed by atoms with Crippen LogP contribution in [0.25, 0.3) is 0 Å². The number of hydrogen-bond donors (Lipinski definition) is 7. The van der Waals surface area contributed by atoms with Crippen LogP contribution in [0.3, 0.4) is 0 Å². The van der Waals surface area contributed by atoms with Gasteiger partial charge in [-0.05, 0) is 78.2 Å². The summed E-state index contributed by atoms with van der Waals surface area (Å²) in [7, 11) is 0. The van der Waals surface area contributed by atoms with Crippen molar-refractivity contribution in [2.75, 3.05) is 32.8 Å². The van der Waals surface area contributed by atoms with Crippen LogP contribution in [0.1, 0.15) is 78.6 Å². The SMILES string of the molecule is CC=C(C[NH2+]CC)C(=O)O[C@H]1CC2C(O)C3C(=O)CC(CO)OC3C(CC3CCNC(N)C3)C2O[C@@]1(C)CCC1CCC(N)[NH2+]C1. The molecular weight excluding hydrogens is 590 g/mol. The van der Waals surface area contributed by atoms with E-state index in [1.165, 1.54) is 0 Å². The molecule has 0 spiro atoms. The largest absolute Gasteiger partial charge is 0.456 e. The minimum absolute atomic E-state index is 0.0757. The number of hydrogen-bond acceptors (Lipinski definition) is 10. The highest BCUT2D eigenvalue weighted by Gasteiger charge is 2.61. The van der Waals surface area contributed by atoms with E-state index in [2.05, 4.69) is 22.9 Å². The van der Waals surface area contributed by atoms with Crippen molar-refractivity contribution < 1.29 is 44.6 Å². The van der Waals surface area contributed by atoms with Crippen LogP contribution in [0.2, 0.25) is 0 Å². The molecule has 5 fully saturated rings. The molecule has 1 saturated carbocycles. The molecule has 11 unspecified atom stereocenters. The number of carbonyl (C=O) groups excluding carboxylic acids is 2. The van der Waals surface area contributed by atoms with Crippen molar-refractivity contribution in [1.29, 1.82) is 0 Å². The van der Waals surface area contributed by atoms with Crippen LogP contribution in [0.15, 0.2) is 11.6 Å². The lowest BCUT2D eigenvalue weighted by Gasteiger charge is -2.58. The minimum atomic E-state index is -0.997. The number of piperidine rings is 2. The highest BCUT2D eigenvalue weighted by atomic mass is 16.6. The van der Waals surface area contributed by atoms with E-state index >= 15 is 0 Å². The highest BCUT2D eigenvalue weighted by Crippen LogP contribution is 2.52. The summed E-state index contributed by atoms with van der Waals surface area (Å²) < 4.78 is 20.0. The Kier molecular flexibility index (Phi) is 12.3. The molecule has 0 aromatic heterocycles. The van der Waals surface area contributed by atoms with Gasteiger partial charge in [-0.1, -0.05) is 6.08 Å². The van der Waals surface area contributed by atoms with Gasteiger partial charge in [0.15, 0.2) is 0 Å². The first-order valence-corrected chi connectivity index (χ1v) is 18.0. The number of allylic oxidation sites excluding steroid dienone is 1. The molecule has 5 aliphatic rings. The number of quaternary nitrogens is 2. The first kappa shape index (κ1) is 35.8. The second-order valence-corrected chi connectivity index (χ2v) is 15.0. The first-order chi connectivity index (χ1) is 22.1. The van der Waals surface area contributed by atoms with Crippen LogP contribution in [-0.2, 0) is 23.8 Å². The zero-order valence-corrected chi connectivity index (χ0v) is 28.2. The highest BCUT2D eigenvalue weighted by molar-refractivity contribution is 5.88. The molecule has 0 amide bonds. The molecule has 1 aliphatic carbocycles. The number of likely N-dealkylation sites (N-methyl/N-ethyl adjacent to an activating group) is 1. The summed E-state index contributed by atoms with van der Waals surface area (Å²) in [4.78, 5) is 27.1. The fraction of sp³-hybridized carbons (Fsp3) is 0.882. The topological polar surface area (TPSA) is 200 Å². The van der Waals surface area contributed by atoms with E-state index in [0.29, 0.717) is 36.8 Å². The summed E-state index contributed by atoms with van der Waals surface area (Å²) in [6.45, 7) is 8.89. The number of aliphatic hydroxyl groups is 2. The predicted molar refractivity (Wildman–Crippen MR) is 171 cm³/mol. The molecule has 0 aromatic rings. The maximum absolute atomic E-state index is 13.6. The molecule has 12 nitrogen and oxygen atoms in total. The number of ether oxygens (including phenoxy) is 3. The van der Waals surface area contributed by atoms with Gasteiger partial charge in [-0.15, -0.1) is 0 Å². The van der Waals surface area contributed by atoms with Gasteiger partial charge in [-0.2, -0.15) is 0 Å². The number of nitrogens with two attached hydrogens (primary N) is 4. The summed E-state index contributed by atoms with van der Waals surface area (Å²) in [5.41, 5.74) is 12.3. The molecule has 12 heteroatoms. The maximum atomic E-state index is 13.6. The van der Waals surface area contributed by atoms with Crippen LogP contribution in [0.4, 0.5) is 0 Å². The molecule has 5 rings (SSSR count). The van der Waals surface area contributed by atoms with Gasteiger partial charge >= 0.3 is 5.97 Å². The zero-order valence-electron chi connectivity index (χ0n) is 28.2. The number of aliphatic hydroxyl groups excluding tert-OH is 2. The van der Waals surface area contributed by atoms with Crippen LogP contribution in [-0.4, -0.2) is 103 Å². The molecule has 4 aliphatic heterocycles. The fourth-order valence-electron chi connectivity index (χ4n) is 8.96.